The third-order valence-corrected chi connectivity index (χ3v) is 4.01. The normalized spacial score (nSPS) is 11.9. The summed E-state index contributed by atoms with van der Waals surface area (Å²) in [5, 5.41) is 6.52. The van der Waals surface area contributed by atoms with E-state index in [2.05, 4.69) is 22.4 Å². The first-order valence-corrected chi connectivity index (χ1v) is 9.15. The van der Waals surface area contributed by atoms with Crippen LogP contribution in [0.15, 0.2) is 66.3 Å². The molecule has 0 saturated heterocycles. The lowest BCUT2D eigenvalue weighted by Crippen LogP contribution is -2.48. The highest BCUT2D eigenvalue weighted by molar-refractivity contribution is 5.98. The lowest BCUT2D eigenvalue weighted by molar-refractivity contribution is -0.123. The number of hydrogen-bond donors (Lipinski definition) is 2. The molecular weight excluding hydrogens is 373 g/mol. The zero-order valence-electron chi connectivity index (χ0n) is 16.4. The minimum Gasteiger partial charge on any atom is -0.489 e. The van der Waals surface area contributed by atoms with Gasteiger partial charge in [-0.05, 0) is 30.2 Å². The van der Waals surface area contributed by atoms with E-state index in [0.717, 1.165) is 0 Å². The summed E-state index contributed by atoms with van der Waals surface area (Å²) in [6.45, 7) is 7.49. The summed E-state index contributed by atoms with van der Waals surface area (Å²) in [5.41, 5.74) is 2.96. The largest absolute Gasteiger partial charge is 0.489 e. The van der Waals surface area contributed by atoms with Crippen molar-refractivity contribution in [3.63, 3.8) is 0 Å². The van der Waals surface area contributed by atoms with Gasteiger partial charge >= 0.3 is 0 Å². The molecule has 0 aliphatic rings. The average Bonchev–Trinajstić information content (AvgIpc) is 2.71. The maximum atomic E-state index is 13.8. The van der Waals surface area contributed by atoms with Crippen LogP contribution in [0.5, 0.6) is 5.75 Å². The van der Waals surface area contributed by atoms with E-state index in [-0.39, 0.29) is 11.5 Å². The van der Waals surface area contributed by atoms with E-state index in [1.54, 1.807) is 38.1 Å². The number of nitrogens with zero attached hydrogens (tertiary/aromatic N) is 1. The predicted molar refractivity (Wildman–Crippen MR) is 110 cm³/mol. The quantitative estimate of drug-likeness (QED) is 0.387. The highest BCUT2D eigenvalue weighted by atomic mass is 19.1. The molecule has 0 aliphatic heterocycles. The van der Waals surface area contributed by atoms with Gasteiger partial charge in [-0.1, -0.05) is 50.8 Å². The second kappa shape index (κ2) is 10.8. The fraction of sp³-hybridized carbons (Fsp3) is 0.227. The zero-order valence-corrected chi connectivity index (χ0v) is 16.4. The monoisotopic (exact) mass is 397 g/mol. The van der Waals surface area contributed by atoms with E-state index in [0.29, 0.717) is 17.9 Å². The number of nitrogens with one attached hydrogen (secondary N) is 2. The summed E-state index contributed by atoms with van der Waals surface area (Å²) in [6.07, 6.45) is 3.08. The van der Waals surface area contributed by atoms with Crippen LogP contribution in [-0.4, -0.2) is 30.7 Å². The number of para-hydroxylation sites is 1. The Kier molecular flexibility index (Phi) is 8.09. The number of amides is 2. The third kappa shape index (κ3) is 6.27. The Labute approximate surface area is 169 Å². The van der Waals surface area contributed by atoms with Crippen LogP contribution in [0.25, 0.3) is 0 Å². The van der Waals surface area contributed by atoms with Crippen molar-refractivity contribution in [3.05, 3.63) is 78.1 Å². The fourth-order valence-electron chi connectivity index (χ4n) is 2.50. The van der Waals surface area contributed by atoms with Crippen LogP contribution in [0.2, 0.25) is 0 Å². The summed E-state index contributed by atoms with van der Waals surface area (Å²) < 4.78 is 19.3. The molecular formula is C22H24FN3O3. The van der Waals surface area contributed by atoms with Gasteiger partial charge in [-0.3, -0.25) is 9.59 Å². The molecule has 7 heteroatoms. The second-order valence-corrected chi connectivity index (χ2v) is 6.55. The van der Waals surface area contributed by atoms with Gasteiger partial charge in [-0.15, -0.1) is 0 Å². The number of benzene rings is 2. The van der Waals surface area contributed by atoms with Crippen LogP contribution in [0.1, 0.15) is 29.8 Å². The molecule has 0 spiro atoms. The standard InChI is InChI=1S/C22H24FN3O3/c1-4-13-29-19-12-8-5-9-16(19)14-24-26-22(28)20(15(2)3)25-21(27)17-10-6-7-11-18(17)23/h4-12,14-15,20H,1,13H2,2-3H3,(H,25,27)(H,26,28). The first-order valence-electron chi connectivity index (χ1n) is 9.15. The van der Waals surface area contributed by atoms with Crippen molar-refractivity contribution in [1.82, 2.24) is 10.7 Å². The number of halogens is 1. The Morgan fingerprint density at radius 3 is 2.55 bits per heavy atom. The Morgan fingerprint density at radius 2 is 1.86 bits per heavy atom. The number of hydrogen-bond acceptors (Lipinski definition) is 4. The van der Waals surface area contributed by atoms with Crippen LogP contribution < -0.4 is 15.5 Å². The fourth-order valence-corrected chi connectivity index (χ4v) is 2.50. The lowest BCUT2D eigenvalue weighted by Gasteiger charge is -2.20. The molecule has 0 aromatic heterocycles. The van der Waals surface area contributed by atoms with Crippen LogP contribution in [0.3, 0.4) is 0 Å². The molecule has 2 N–H and O–H groups in total. The van der Waals surface area contributed by atoms with Crippen LogP contribution in [0.4, 0.5) is 4.39 Å². The summed E-state index contributed by atoms with van der Waals surface area (Å²) in [4.78, 5) is 24.8. The highest BCUT2D eigenvalue weighted by Crippen LogP contribution is 2.15. The Balaban J connectivity index is 2.05. The van der Waals surface area contributed by atoms with E-state index >= 15 is 0 Å². The maximum Gasteiger partial charge on any atom is 0.262 e. The Morgan fingerprint density at radius 1 is 1.17 bits per heavy atom. The SMILES string of the molecule is C=CCOc1ccccc1C=NNC(=O)C(NC(=O)c1ccccc1F)C(C)C. The predicted octanol–water partition coefficient (Wildman–Crippen LogP) is 3.30. The van der Waals surface area contributed by atoms with Crippen molar-refractivity contribution in [2.45, 2.75) is 19.9 Å². The minimum absolute atomic E-state index is 0.122. The molecule has 2 amide bonds. The molecule has 29 heavy (non-hydrogen) atoms. The van der Waals surface area contributed by atoms with Crippen LogP contribution >= 0.6 is 0 Å². The van der Waals surface area contributed by atoms with Gasteiger partial charge in [0.25, 0.3) is 11.8 Å². The summed E-state index contributed by atoms with van der Waals surface area (Å²) >= 11 is 0. The molecule has 0 aliphatic carbocycles. The molecule has 6 nitrogen and oxygen atoms in total. The van der Waals surface area contributed by atoms with E-state index in [4.69, 9.17) is 4.74 Å². The van der Waals surface area contributed by atoms with Crippen LogP contribution in [-0.2, 0) is 4.79 Å². The van der Waals surface area contributed by atoms with Crippen molar-refractivity contribution < 1.29 is 18.7 Å². The molecule has 0 fully saturated rings. The Hall–Kier alpha value is -3.48. The Bertz CT molecular complexity index is 896. The van der Waals surface area contributed by atoms with Gasteiger partial charge in [0.05, 0.1) is 11.8 Å². The number of ether oxygens (including phenoxy) is 1. The van der Waals surface area contributed by atoms with E-state index in [1.807, 2.05) is 12.1 Å². The van der Waals surface area contributed by atoms with Crippen molar-refractivity contribution in [1.29, 1.82) is 0 Å². The highest BCUT2D eigenvalue weighted by Gasteiger charge is 2.25. The van der Waals surface area contributed by atoms with Gasteiger partial charge in [0.15, 0.2) is 0 Å². The topological polar surface area (TPSA) is 79.8 Å². The number of hydrazone groups is 1. The molecule has 0 radical (unpaired) electrons. The van der Waals surface area contributed by atoms with Crippen LogP contribution in [0, 0.1) is 11.7 Å². The van der Waals surface area contributed by atoms with Gasteiger partial charge < -0.3 is 10.1 Å². The number of carbonyl (C=O) groups excluding carboxylic acids is 2. The van der Waals surface area contributed by atoms with E-state index < -0.39 is 23.7 Å². The first kappa shape index (κ1) is 21.8. The van der Waals surface area contributed by atoms with E-state index in [1.165, 1.54) is 24.4 Å². The van der Waals surface area contributed by atoms with Crippen molar-refractivity contribution in [2.75, 3.05) is 6.61 Å². The molecule has 1 unspecified atom stereocenters. The smallest absolute Gasteiger partial charge is 0.262 e. The molecule has 0 bridgehead atoms. The minimum atomic E-state index is -0.883. The van der Waals surface area contributed by atoms with Crippen molar-refractivity contribution in [2.24, 2.45) is 11.0 Å². The molecule has 0 heterocycles. The summed E-state index contributed by atoms with van der Waals surface area (Å²) in [5.74, 6) is -1.46. The first-order chi connectivity index (χ1) is 13.9. The molecule has 0 saturated carbocycles. The lowest BCUT2D eigenvalue weighted by atomic mass is 10.0. The maximum absolute atomic E-state index is 13.8. The average molecular weight is 397 g/mol. The number of rotatable bonds is 9. The second-order valence-electron chi connectivity index (χ2n) is 6.55. The van der Waals surface area contributed by atoms with Gasteiger partial charge in [0.1, 0.15) is 24.2 Å². The third-order valence-electron chi connectivity index (χ3n) is 4.01. The van der Waals surface area contributed by atoms with Gasteiger partial charge in [-0.25, -0.2) is 9.82 Å². The molecule has 2 aromatic rings. The number of carbonyl (C=O) groups is 2. The molecule has 2 aromatic carbocycles. The van der Waals surface area contributed by atoms with Gasteiger partial charge in [-0.2, -0.15) is 5.10 Å². The van der Waals surface area contributed by atoms with Gasteiger partial charge in [0.2, 0.25) is 0 Å². The van der Waals surface area contributed by atoms with E-state index in [9.17, 15) is 14.0 Å². The van der Waals surface area contributed by atoms with Crippen molar-refractivity contribution in [3.8, 4) is 5.75 Å². The van der Waals surface area contributed by atoms with Crippen molar-refractivity contribution >= 4 is 18.0 Å². The molecule has 2 rings (SSSR count). The molecule has 1 atom stereocenters. The van der Waals surface area contributed by atoms with Gasteiger partial charge in [0, 0.05) is 5.56 Å². The molecule has 152 valence electrons. The summed E-state index contributed by atoms with van der Waals surface area (Å²) in [6, 6.07) is 11.9. The summed E-state index contributed by atoms with van der Waals surface area (Å²) in [7, 11) is 0. The zero-order chi connectivity index (χ0) is 21.2.